The fourth-order valence-corrected chi connectivity index (χ4v) is 1.69. The minimum atomic E-state index is -0.0582. The molecule has 4 heteroatoms. The maximum Gasteiger partial charge on any atom is 0.180 e. The van der Waals surface area contributed by atoms with Crippen LogP contribution in [0.2, 0.25) is 0 Å². The first kappa shape index (κ1) is 12.2. The Morgan fingerprint density at radius 2 is 2.17 bits per heavy atom. The molecule has 1 aromatic heterocycles. The fourth-order valence-electron chi connectivity index (χ4n) is 1.69. The fraction of sp³-hybridized carbons (Fsp3) is 0.286. The van der Waals surface area contributed by atoms with Crippen molar-refractivity contribution in [3.8, 4) is 11.8 Å². The van der Waals surface area contributed by atoms with E-state index < -0.39 is 0 Å². The molecule has 0 amide bonds. The Balaban J connectivity index is 1.99. The maximum absolute atomic E-state index is 8.67. The van der Waals surface area contributed by atoms with Gasteiger partial charge in [-0.2, -0.15) is 5.26 Å². The lowest BCUT2D eigenvalue weighted by molar-refractivity contribution is 0.192. The SMILES string of the molecule is N#CCCC(Cc1cocn1)Oc1ccccc1. The van der Waals surface area contributed by atoms with E-state index in [9.17, 15) is 0 Å². The van der Waals surface area contributed by atoms with Gasteiger partial charge in [0.1, 0.15) is 18.1 Å². The topological polar surface area (TPSA) is 59.0 Å². The number of rotatable bonds is 6. The number of aromatic nitrogens is 1. The number of hydrogen-bond donors (Lipinski definition) is 0. The molecule has 4 nitrogen and oxygen atoms in total. The van der Waals surface area contributed by atoms with Crippen LogP contribution in [0.4, 0.5) is 0 Å². The second-order valence-corrected chi connectivity index (χ2v) is 3.93. The summed E-state index contributed by atoms with van der Waals surface area (Å²) in [5.74, 6) is 0.809. The van der Waals surface area contributed by atoms with Gasteiger partial charge < -0.3 is 9.15 Å². The predicted molar refractivity (Wildman–Crippen MR) is 65.9 cm³/mol. The zero-order chi connectivity index (χ0) is 12.6. The smallest absolute Gasteiger partial charge is 0.180 e. The molecule has 0 saturated carbocycles. The molecule has 0 bridgehead atoms. The van der Waals surface area contributed by atoms with Crippen molar-refractivity contribution in [1.29, 1.82) is 5.26 Å². The molecule has 0 aliphatic carbocycles. The van der Waals surface area contributed by atoms with E-state index in [0.717, 1.165) is 11.4 Å². The number of oxazole rings is 1. The molecule has 0 saturated heterocycles. The first-order chi connectivity index (χ1) is 8.88. The summed E-state index contributed by atoms with van der Waals surface area (Å²) >= 11 is 0. The summed E-state index contributed by atoms with van der Waals surface area (Å²) in [4.78, 5) is 4.08. The lowest BCUT2D eigenvalue weighted by atomic mass is 10.1. The number of nitriles is 1. The van der Waals surface area contributed by atoms with Gasteiger partial charge >= 0.3 is 0 Å². The Morgan fingerprint density at radius 1 is 1.33 bits per heavy atom. The summed E-state index contributed by atoms with van der Waals surface area (Å²) in [6, 6.07) is 11.7. The highest BCUT2D eigenvalue weighted by molar-refractivity contribution is 5.21. The summed E-state index contributed by atoms with van der Waals surface area (Å²) < 4.78 is 10.8. The molecule has 0 radical (unpaired) electrons. The average molecular weight is 242 g/mol. The van der Waals surface area contributed by atoms with Crippen molar-refractivity contribution >= 4 is 0 Å². The van der Waals surface area contributed by atoms with E-state index in [1.165, 1.54) is 6.39 Å². The molecule has 2 rings (SSSR count). The summed E-state index contributed by atoms with van der Waals surface area (Å²) in [6.45, 7) is 0. The first-order valence-corrected chi connectivity index (χ1v) is 5.84. The number of hydrogen-bond acceptors (Lipinski definition) is 4. The van der Waals surface area contributed by atoms with Gasteiger partial charge in [0.2, 0.25) is 0 Å². The van der Waals surface area contributed by atoms with Crippen molar-refractivity contribution in [2.24, 2.45) is 0 Å². The van der Waals surface area contributed by atoms with E-state index in [-0.39, 0.29) is 6.10 Å². The Labute approximate surface area is 106 Å². The van der Waals surface area contributed by atoms with Crippen LogP contribution in [0.1, 0.15) is 18.5 Å². The maximum atomic E-state index is 8.67. The normalized spacial score (nSPS) is 11.7. The van der Waals surface area contributed by atoms with Crippen LogP contribution >= 0.6 is 0 Å². The third-order valence-corrected chi connectivity index (χ3v) is 2.54. The lowest BCUT2D eigenvalue weighted by Gasteiger charge is -2.16. The van der Waals surface area contributed by atoms with Gasteiger partial charge in [0.05, 0.1) is 11.8 Å². The highest BCUT2D eigenvalue weighted by Gasteiger charge is 2.13. The number of nitrogens with zero attached hydrogens (tertiary/aromatic N) is 2. The average Bonchev–Trinajstić information content (AvgIpc) is 2.90. The second kappa shape index (κ2) is 6.45. The highest BCUT2D eigenvalue weighted by atomic mass is 16.5. The quantitative estimate of drug-likeness (QED) is 0.781. The summed E-state index contributed by atoms with van der Waals surface area (Å²) in [7, 11) is 0. The predicted octanol–water partition coefficient (Wildman–Crippen LogP) is 2.97. The van der Waals surface area contributed by atoms with Crippen molar-refractivity contribution in [2.45, 2.75) is 25.4 Å². The summed E-state index contributed by atoms with van der Waals surface area (Å²) in [5, 5.41) is 8.67. The largest absolute Gasteiger partial charge is 0.490 e. The third kappa shape index (κ3) is 3.63. The standard InChI is InChI=1S/C14H14N2O2/c15-8-4-7-14(9-12-10-17-11-16-12)18-13-5-2-1-3-6-13/h1-3,5-6,10-11,14H,4,7,9H2. The molecule has 92 valence electrons. The third-order valence-electron chi connectivity index (χ3n) is 2.54. The molecule has 2 aromatic rings. The molecular weight excluding hydrogens is 228 g/mol. The van der Waals surface area contributed by atoms with Gasteiger partial charge in [0.15, 0.2) is 6.39 Å². The van der Waals surface area contributed by atoms with Crippen molar-refractivity contribution in [1.82, 2.24) is 4.98 Å². The summed E-state index contributed by atoms with van der Waals surface area (Å²) in [5.41, 5.74) is 0.842. The Morgan fingerprint density at radius 3 is 2.83 bits per heavy atom. The van der Waals surface area contributed by atoms with Gasteiger partial charge in [-0.1, -0.05) is 18.2 Å². The molecule has 0 aliphatic rings. The Bertz CT molecular complexity index is 488. The van der Waals surface area contributed by atoms with Crippen LogP contribution in [0.15, 0.2) is 47.4 Å². The van der Waals surface area contributed by atoms with Gasteiger partial charge in [-0.15, -0.1) is 0 Å². The van der Waals surface area contributed by atoms with Crippen LogP contribution in [0, 0.1) is 11.3 Å². The van der Waals surface area contributed by atoms with E-state index in [1.807, 2.05) is 30.3 Å². The molecule has 1 atom stereocenters. The molecule has 0 spiro atoms. The lowest BCUT2D eigenvalue weighted by Crippen LogP contribution is -2.19. The van der Waals surface area contributed by atoms with E-state index in [4.69, 9.17) is 14.4 Å². The minimum Gasteiger partial charge on any atom is -0.490 e. The number of benzene rings is 1. The molecule has 18 heavy (non-hydrogen) atoms. The summed E-state index contributed by atoms with van der Waals surface area (Å²) in [6.07, 6.45) is 4.74. The van der Waals surface area contributed by atoms with Crippen LogP contribution in [-0.4, -0.2) is 11.1 Å². The van der Waals surface area contributed by atoms with Crippen LogP contribution < -0.4 is 4.74 Å². The van der Waals surface area contributed by atoms with Crippen molar-refractivity contribution in [3.63, 3.8) is 0 Å². The van der Waals surface area contributed by atoms with Crippen molar-refractivity contribution in [2.75, 3.05) is 0 Å². The molecule has 1 aromatic carbocycles. The number of ether oxygens (including phenoxy) is 1. The molecular formula is C14H14N2O2. The molecule has 0 aliphatic heterocycles. The van der Waals surface area contributed by atoms with E-state index >= 15 is 0 Å². The number of para-hydroxylation sites is 1. The molecule has 1 heterocycles. The minimum absolute atomic E-state index is 0.0582. The first-order valence-electron chi connectivity index (χ1n) is 5.84. The molecule has 0 fully saturated rings. The monoisotopic (exact) mass is 242 g/mol. The molecule has 0 N–H and O–H groups in total. The van der Waals surface area contributed by atoms with E-state index in [0.29, 0.717) is 19.3 Å². The van der Waals surface area contributed by atoms with Crippen LogP contribution in [0.25, 0.3) is 0 Å². The van der Waals surface area contributed by atoms with Crippen LogP contribution in [0.5, 0.6) is 5.75 Å². The van der Waals surface area contributed by atoms with Crippen LogP contribution in [0.3, 0.4) is 0 Å². The molecule has 1 unspecified atom stereocenters. The van der Waals surface area contributed by atoms with Gasteiger partial charge in [0, 0.05) is 12.8 Å². The second-order valence-electron chi connectivity index (χ2n) is 3.93. The van der Waals surface area contributed by atoms with Gasteiger partial charge in [-0.3, -0.25) is 0 Å². The van der Waals surface area contributed by atoms with E-state index in [2.05, 4.69) is 11.1 Å². The Hall–Kier alpha value is -2.28. The van der Waals surface area contributed by atoms with Crippen molar-refractivity contribution in [3.05, 3.63) is 48.7 Å². The zero-order valence-electron chi connectivity index (χ0n) is 9.95. The zero-order valence-corrected chi connectivity index (χ0v) is 9.95. The Kier molecular flexibility index (Phi) is 4.37. The van der Waals surface area contributed by atoms with Gasteiger partial charge in [-0.05, 0) is 18.6 Å². The highest BCUT2D eigenvalue weighted by Crippen LogP contribution is 2.16. The van der Waals surface area contributed by atoms with Gasteiger partial charge in [-0.25, -0.2) is 4.98 Å². The van der Waals surface area contributed by atoms with Crippen LogP contribution in [-0.2, 0) is 6.42 Å². The van der Waals surface area contributed by atoms with Crippen molar-refractivity contribution < 1.29 is 9.15 Å². The van der Waals surface area contributed by atoms with E-state index in [1.54, 1.807) is 6.26 Å². The van der Waals surface area contributed by atoms with Gasteiger partial charge in [0.25, 0.3) is 0 Å².